The van der Waals surface area contributed by atoms with E-state index in [0.717, 1.165) is 0 Å². The molecule has 4 nitrogen and oxygen atoms in total. The van der Waals surface area contributed by atoms with Crippen molar-refractivity contribution in [3.05, 3.63) is 0 Å². The number of esters is 2. The van der Waals surface area contributed by atoms with Gasteiger partial charge in [-0.3, -0.25) is 4.79 Å². The van der Waals surface area contributed by atoms with Crippen LogP contribution in [-0.4, -0.2) is 24.1 Å². The lowest BCUT2D eigenvalue weighted by atomic mass is 10.4. The van der Waals surface area contributed by atoms with Crippen LogP contribution in [0.15, 0.2) is 0 Å². The zero-order chi connectivity index (χ0) is 9.72. The molecule has 0 spiro atoms. The molecule has 4 heteroatoms. The van der Waals surface area contributed by atoms with Crippen LogP contribution in [0.3, 0.4) is 0 Å². The summed E-state index contributed by atoms with van der Waals surface area (Å²) in [5, 5.41) is 0. The summed E-state index contributed by atoms with van der Waals surface area (Å²) in [5.74, 6) is -0.997. The minimum atomic E-state index is -0.815. The van der Waals surface area contributed by atoms with Gasteiger partial charge in [-0.15, -0.1) is 0 Å². The molecule has 0 aliphatic carbocycles. The number of ether oxygens (including phenoxy) is 2. The van der Waals surface area contributed by atoms with Crippen LogP contribution in [-0.2, 0) is 19.1 Å². The Labute approximate surface area is 71.8 Å². The minimum absolute atomic E-state index is 0.185. The molecular weight excluding hydrogens is 160 g/mol. The first-order valence-corrected chi connectivity index (χ1v) is 3.81. The summed E-state index contributed by atoms with van der Waals surface area (Å²) in [5.41, 5.74) is 0. The summed E-state index contributed by atoms with van der Waals surface area (Å²) in [4.78, 5) is 21.4. The molecule has 0 amide bonds. The van der Waals surface area contributed by atoms with E-state index in [1.807, 2.05) is 0 Å². The van der Waals surface area contributed by atoms with E-state index in [-0.39, 0.29) is 6.10 Å². The van der Waals surface area contributed by atoms with Gasteiger partial charge >= 0.3 is 11.9 Å². The Kier molecular flexibility index (Phi) is 4.33. The highest BCUT2D eigenvalue weighted by Gasteiger charge is 2.17. The second kappa shape index (κ2) is 4.74. The van der Waals surface area contributed by atoms with Crippen molar-refractivity contribution >= 4 is 11.9 Å². The van der Waals surface area contributed by atoms with E-state index >= 15 is 0 Å². The molecule has 0 radical (unpaired) electrons. The van der Waals surface area contributed by atoms with Crippen molar-refractivity contribution in [2.24, 2.45) is 0 Å². The van der Waals surface area contributed by atoms with Crippen LogP contribution in [0.2, 0.25) is 0 Å². The fourth-order valence-electron chi connectivity index (χ4n) is 0.625. The second-order valence-corrected chi connectivity index (χ2v) is 2.74. The molecule has 0 saturated carbocycles. The first-order chi connectivity index (χ1) is 5.43. The number of carbonyl (C=O) groups excluding carboxylic acids is 2. The van der Waals surface area contributed by atoms with Gasteiger partial charge in [-0.1, -0.05) is 0 Å². The van der Waals surface area contributed by atoms with Crippen LogP contribution in [0, 0.1) is 0 Å². The average Bonchev–Trinajstić information content (AvgIpc) is 1.84. The highest BCUT2D eigenvalue weighted by atomic mass is 16.6. The van der Waals surface area contributed by atoms with Gasteiger partial charge in [-0.25, -0.2) is 4.79 Å². The molecule has 0 bridgehead atoms. The highest BCUT2D eigenvalue weighted by Crippen LogP contribution is 1.98. The van der Waals surface area contributed by atoms with Gasteiger partial charge in [-0.2, -0.15) is 0 Å². The topological polar surface area (TPSA) is 52.6 Å². The lowest BCUT2D eigenvalue weighted by Crippen LogP contribution is -2.27. The zero-order valence-corrected chi connectivity index (χ0v) is 7.79. The maximum absolute atomic E-state index is 11.0. The van der Waals surface area contributed by atoms with Crippen molar-refractivity contribution in [3.8, 4) is 0 Å². The molecule has 1 atom stereocenters. The van der Waals surface area contributed by atoms with Gasteiger partial charge in [0.25, 0.3) is 0 Å². The minimum Gasteiger partial charge on any atom is -0.460 e. The molecule has 0 aromatic carbocycles. The lowest BCUT2D eigenvalue weighted by Gasteiger charge is -2.13. The molecule has 0 aromatic rings. The van der Waals surface area contributed by atoms with Crippen LogP contribution in [0.25, 0.3) is 0 Å². The predicted octanol–water partition coefficient (Wildman–Crippen LogP) is 0.890. The molecule has 12 heavy (non-hydrogen) atoms. The Morgan fingerprint density at radius 2 is 1.58 bits per heavy atom. The summed E-state index contributed by atoms with van der Waals surface area (Å²) in [6, 6.07) is 0. The standard InChI is InChI=1S/C8H14O4/c1-5(2)11-8(10)6(3)12-7(4)9/h5-6H,1-4H3. The highest BCUT2D eigenvalue weighted by molar-refractivity contribution is 5.78. The fraction of sp³-hybridized carbons (Fsp3) is 0.750. The van der Waals surface area contributed by atoms with Crippen LogP contribution in [0.1, 0.15) is 27.7 Å². The first kappa shape index (κ1) is 10.9. The summed E-state index contributed by atoms with van der Waals surface area (Å²) in [7, 11) is 0. The van der Waals surface area contributed by atoms with Crippen molar-refractivity contribution in [2.75, 3.05) is 0 Å². The van der Waals surface area contributed by atoms with Gasteiger partial charge in [0.2, 0.25) is 0 Å². The van der Waals surface area contributed by atoms with Gasteiger partial charge in [0.1, 0.15) is 0 Å². The van der Waals surface area contributed by atoms with Crippen molar-refractivity contribution in [1.29, 1.82) is 0 Å². The third-order valence-corrected chi connectivity index (χ3v) is 1.03. The summed E-state index contributed by atoms with van der Waals surface area (Å²) in [6.45, 7) is 6.20. The Morgan fingerprint density at radius 1 is 1.08 bits per heavy atom. The van der Waals surface area contributed by atoms with Crippen LogP contribution < -0.4 is 0 Å². The van der Waals surface area contributed by atoms with E-state index in [4.69, 9.17) is 4.74 Å². The molecule has 0 heterocycles. The SMILES string of the molecule is CC(=O)OC(C)C(=O)OC(C)C. The molecule has 0 N–H and O–H groups in total. The van der Waals surface area contributed by atoms with Crippen molar-refractivity contribution < 1.29 is 19.1 Å². The second-order valence-electron chi connectivity index (χ2n) is 2.74. The zero-order valence-electron chi connectivity index (χ0n) is 7.79. The lowest BCUT2D eigenvalue weighted by molar-refractivity contribution is -0.167. The fourth-order valence-corrected chi connectivity index (χ4v) is 0.625. The van der Waals surface area contributed by atoms with Crippen LogP contribution in [0.5, 0.6) is 0 Å². The summed E-state index contributed by atoms with van der Waals surface area (Å²) >= 11 is 0. The molecule has 0 aliphatic heterocycles. The van der Waals surface area contributed by atoms with E-state index in [0.29, 0.717) is 0 Å². The normalized spacial score (nSPS) is 12.4. The van der Waals surface area contributed by atoms with Gasteiger partial charge in [0, 0.05) is 6.92 Å². The van der Waals surface area contributed by atoms with Crippen LogP contribution in [0.4, 0.5) is 0 Å². The van der Waals surface area contributed by atoms with Gasteiger partial charge in [0.15, 0.2) is 6.10 Å². The Balaban J connectivity index is 3.85. The van der Waals surface area contributed by atoms with Gasteiger partial charge in [0.05, 0.1) is 6.10 Å². The molecule has 0 aromatic heterocycles. The number of hydrogen-bond acceptors (Lipinski definition) is 4. The Morgan fingerprint density at radius 3 is 1.92 bits per heavy atom. The maximum atomic E-state index is 11.0. The number of hydrogen-bond donors (Lipinski definition) is 0. The van der Waals surface area contributed by atoms with Gasteiger partial charge < -0.3 is 9.47 Å². The van der Waals surface area contributed by atoms with E-state index in [1.165, 1.54) is 13.8 Å². The van der Waals surface area contributed by atoms with Crippen molar-refractivity contribution in [3.63, 3.8) is 0 Å². The van der Waals surface area contributed by atoms with E-state index in [9.17, 15) is 9.59 Å². The molecular formula is C8H14O4. The molecule has 0 aliphatic rings. The van der Waals surface area contributed by atoms with E-state index in [2.05, 4.69) is 4.74 Å². The molecule has 0 saturated heterocycles. The van der Waals surface area contributed by atoms with Crippen LogP contribution >= 0.6 is 0 Å². The third-order valence-electron chi connectivity index (χ3n) is 1.03. The van der Waals surface area contributed by atoms with Gasteiger partial charge in [-0.05, 0) is 20.8 Å². The van der Waals surface area contributed by atoms with Crippen molar-refractivity contribution in [2.45, 2.75) is 39.9 Å². The van der Waals surface area contributed by atoms with Crippen molar-refractivity contribution in [1.82, 2.24) is 0 Å². The average molecular weight is 174 g/mol. The van der Waals surface area contributed by atoms with E-state index in [1.54, 1.807) is 13.8 Å². The largest absolute Gasteiger partial charge is 0.460 e. The number of rotatable bonds is 3. The molecule has 0 fully saturated rings. The predicted molar refractivity (Wildman–Crippen MR) is 42.5 cm³/mol. The van der Waals surface area contributed by atoms with E-state index < -0.39 is 18.0 Å². The molecule has 1 unspecified atom stereocenters. The first-order valence-electron chi connectivity index (χ1n) is 3.81. The monoisotopic (exact) mass is 174 g/mol. The summed E-state index contributed by atoms with van der Waals surface area (Å²) in [6.07, 6.45) is -1.000. The quantitative estimate of drug-likeness (QED) is 0.596. The Hall–Kier alpha value is -1.06. The third kappa shape index (κ3) is 4.71. The maximum Gasteiger partial charge on any atom is 0.347 e. The smallest absolute Gasteiger partial charge is 0.347 e. The number of carbonyl (C=O) groups is 2. The Bertz CT molecular complexity index is 174. The molecule has 0 rings (SSSR count). The molecule has 70 valence electrons. The summed E-state index contributed by atoms with van der Waals surface area (Å²) < 4.78 is 9.40.